The Balaban J connectivity index is 0.000000127. The number of nitrogens with one attached hydrogen (secondary N) is 1. The zero-order valence-electron chi connectivity index (χ0n) is 81.0. The van der Waals surface area contributed by atoms with Gasteiger partial charge >= 0.3 is 6.03 Å². The average molecular weight is 1890 g/mol. The standard InChI is InChI=1S/C29H33FN2O3S.C29H33N3O3.C29H34N2O3.C28H37N3O2/c1-21-8-7-9-24(18-21)22-12-14-23(15-13-22)29-26-19-31(16-5-6-17-32(26)27(29)20-35-2)36(33,34)28-11-4-3-10-25(28)30;1-34-20-26-28(22-13-11-21(12-14-22)24-9-3-4-10-27(24)35-2)25-19-31(16-5-6-17-32(25)26)29(33)23-8-7-15-30-18-23;1-34-27-10-3-2-7-22(27)14-11-21-12-15-23(16-13-21)28-25-19-30(29(33)24-8-6-9-24)17-4-5-18-31(25)26(28)20-32;1-20-8-2-5-11-24(20)21-12-14-22(15-13-21)27-25-18-30(28(33)29-23-9-3-4-10-23)16-6-7-17-31(25)26(27)19-32/h3-4,7-15,18,26-27,29H,5-6,16-17,19-20H2,1-2H3;3-4,7-15,18,25-26,28H,5-6,16-17,19-20H2,1-2H3;2-3,7,10,12-13,15-16,24-26,28,32H,4-6,8-9,17-20H2,1H3;2,5,8,11-15,23,25-27,32H,3-4,6-7,9-10,16-19H2,1H3,(H,29,33)/t26-,27+,29-;2*25-,26-,28-;25-,26-,27-/m0100/s1. The van der Waals surface area contributed by atoms with Crippen LogP contribution in [0.3, 0.4) is 0 Å². The van der Waals surface area contributed by atoms with E-state index in [2.05, 4.69) is 212 Å². The second-order valence-electron chi connectivity index (χ2n) is 39.1. The first kappa shape index (κ1) is 98.6. The summed E-state index contributed by atoms with van der Waals surface area (Å²) in [5, 5.41) is 23.7. The van der Waals surface area contributed by atoms with Gasteiger partial charge in [-0.15, -0.1) is 0 Å². The van der Waals surface area contributed by atoms with Gasteiger partial charge in [0.2, 0.25) is 15.9 Å². The third-order valence-corrected chi connectivity index (χ3v) is 32.9. The highest BCUT2D eigenvalue weighted by molar-refractivity contribution is 7.89. The number of aryl methyl sites for hydroxylation is 2. The van der Waals surface area contributed by atoms with Crippen LogP contribution in [-0.4, -0.2) is 268 Å². The molecule has 20 rings (SSSR count). The van der Waals surface area contributed by atoms with Gasteiger partial charge in [0.1, 0.15) is 22.2 Å². The van der Waals surface area contributed by atoms with Crippen molar-refractivity contribution in [2.24, 2.45) is 5.92 Å². The van der Waals surface area contributed by atoms with Crippen molar-refractivity contribution in [3.05, 3.63) is 299 Å². The molecule has 726 valence electrons. The van der Waals surface area contributed by atoms with Crippen LogP contribution in [0.5, 0.6) is 11.5 Å². The molecule has 0 unspecified atom stereocenters. The Morgan fingerprint density at radius 1 is 0.442 bits per heavy atom. The monoisotopic (exact) mass is 1890 g/mol. The van der Waals surface area contributed by atoms with Gasteiger partial charge < -0.3 is 49.2 Å². The summed E-state index contributed by atoms with van der Waals surface area (Å²) in [6.45, 7) is 15.2. The van der Waals surface area contributed by atoms with E-state index in [1.807, 2.05) is 64.4 Å². The minimum absolute atomic E-state index is 0.0109. The topological polar surface area (TPSA) is 214 Å². The first-order valence-corrected chi connectivity index (χ1v) is 51.7. The van der Waals surface area contributed by atoms with Gasteiger partial charge in [0.05, 0.1) is 51.8 Å². The number of hydrogen-bond donors (Lipinski definition) is 3. The molecule has 23 heteroatoms. The Labute approximate surface area is 816 Å². The van der Waals surface area contributed by atoms with Gasteiger partial charge in [-0.1, -0.05) is 213 Å². The highest BCUT2D eigenvalue weighted by Gasteiger charge is 2.55. The zero-order valence-corrected chi connectivity index (χ0v) is 81.8. The number of fused-ring (bicyclic) bond motifs is 4. The summed E-state index contributed by atoms with van der Waals surface area (Å²) in [6, 6.07) is 78.9. The highest BCUT2D eigenvalue weighted by Crippen LogP contribution is 2.49. The zero-order chi connectivity index (χ0) is 95.8. The van der Waals surface area contributed by atoms with Crippen LogP contribution in [0.2, 0.25) is 0 Å². The number of aliphatic hydroxyl groups excluding tert-OH is 2. The van der Waals surface area contributed by atoms with Crippen molar-refractivity contribution in [1.29, 1.82) is 0 Å². The van der Waals surface area contributed by atoms with Crippen molar-refractivity contribution in [1.82, 2.24) is 48.9 Å². The summed E-state index contributed by atoms with van der Waals surface area (Å²) >= 11 is 0. The van der Waals surface area contributed by atoms with E-state index in [4.69, 9.17) is 18.9 Å². The molecule has 138 heavy (non-hydrogen) atoms. The number of rotatable bonds is 20. The molecule has 2 aliphatic carbocycles. The Kier molecular flexibility index (Phi) is 33.2. The number of benzene rings is 9. The van der Waals surface area contributed by atoms with Gasteiger partial charge in [0, 0.05) is 174 Å². The summed E-state index contributed by atoms with van der Waals surface area (Å²) in [5.74, 6) is 8.98. The number of nitrogens with zero attached hydrogens (tertiary/aromatic N) is 9. The van der Waals surface area contributed by atoms with E-state index < -0.39 is 15.8 Å². The van der Waals surface area contributed by atoms with Crippen LogP contribution < -0.4 is 14.8 Å². The Morgan fingerprint density at radius 2 is 0.920 bits per heavy atom. The average Bonchev–Trinajstić information content (AvgIpc) is 0.779. The Morgan fingerprint density at radius 3 is 1.46 bits per heavy atom. The van der Waals surface area contributed by atoms with Crippen LogP contribution in [0.4, 0.5) is 9.18 Å². The fraction of sp³-hybridized carbons (Fsp3) is 0.443. The number of carbonyl (C=O) groups is 3. The lowest BCUT2D eigenvalue weighted by Crippen LogP contribution is -2.68. The van der Waals surface area contributed by atoms with Gasteiger partial charge in [-0.25, -0.2) is 17.6 Å². The number of aromatic nitrogens is 1. The maximum absolute atomic E-state index is 14.5. The molecule has 21 nitrogen and oxygen atoms in total. The van der Waals surface area contributed by atoms with E-state index in [0.29, 0.717) is 62.3 Å². The van der Waals surface area contributed by atoms with Crippen molar-refractivity contribution in [3.8, 4) is 56.7 Å². The molecule has 2 saturated carbocycles. The van der Waals surface area contributed by atoms with Crippen molar-refractivity contribution in [2.45, 2.75) is 193 Å². The number of urea groups is 1. The van der Waals surface area contributed by atoms with Crippen molar-refractivity contribution in [2.75, 3.05) is 133 Å². The fourth-order valence-electron chi connectivity index (χ4n) is 23.5. The van der Waals surface area contributed by atoms with E-state index in [0.717, 1.165) is 175 Å². The maximum Gasteiger partial charge on any atom is 0.317 e. The Bertz CT molecular complexity index is 5900. The van der Waals surface area contributed by atoms with Gasteiger partial charge in [-0.2, -0.15) is 4.31 Å². The molecule has 8 saturated heterocycles. The number of amides is 4. The smallest absolute Gasteiger partial charge is 0.317 e. The number of sulfonamides is 1. The summed E-state index contributed by atoms with van der Waals surface area (Å²) < 4.78 is 65.1. The number of halogens is 1. The normalized spacial score (nSPS) is 24.2. The van der Waals surface area contributed by atoms with Crippen LogP contribution in [0.1, 0.15) is 175 Å². The second-order valence-corrected chi connectivity index (χ2v) is 41.0. The third-order valence-electron chi connectivity index (χ3n) is 31.0. The minimum atomic E-state index is -3.94. The molecule has 9 aromatic carbocycles. The lowest BCUT2D eigenvalue weighted by Gasteiger charge is -2.57. The van der Waals surface area contributed by atoms with E-state index in [1.54, 1.807) is 46.9 Å². The van der Waals surface area contributed by atoms with Crippen molar-refractivity contribution >= 4 is 27.9 Å². The molecular weight excluding hydrogens is 1750 g/mol. The molecule has 10 fully saturated rings. The lowest BCUT2D eigenvalue weighted by molar-refractivity contribution is -0.143. The van der Waals surface area contributed by atoms with Gasteiger partial charge in [0.15, 0.2) is 0 Å². The number of ether oxygens (including phenoxy) is 4. The van der Waals surface area contributed by atoms with E-state index >= 15 is 0 Å². The number of carbonyl (C=O) groups excluding carboxylic acids is 3. The molecular formula is C115H137FN10O11S. The summed E-state index contributed by atoms with van der Waals surface area (Å²) in [5.41, 5.74) is 17.0. The third kappa shape index (κ3) is 22.1. The van der Waals surface area contributed by atoms with E-state index in [1.165, 1.54) is 91.8 Å². The highest BCUT2D eigenvalue weighted by atomic mass is 32.2. The van der Waals surface area contributed by atoms with Crippen LogP contribution in [-0.2, 0) is 24.3 Å². The fourth-order valence-corrected chi connectivity index (χ4v) is 25.0. The van der Waals surface area contributed by atoms with Gasteiger partial charge in [-0.3, -0.25) is 34.2 Å². The SMILES string of the molecule is COC[C@@H]1[C@@H](c2ccc(-c3cccc(C)c3)cc2)[C@@H]2CN(S(=O)(=O)c3ccccc3F)CCCCN12.COC[C@@H]1[C@H](c2ccc(-c3ccccc3OC)cc2)[C@H]2CN(C(=O)c3cccnc3)CCCCN12.COc1ccccc1C#Cc1ccc([C@@H]2[C@H](CO)N3CCCCN(C(=O)C4CCC4)C[C@@H]23)cc1.Cc1ccccc1-c1ccc([C@@H]2[C@H](CO)N3CCCCN(C(=O)NC4CCCC4)C[C@@H]23)cc1. The predicted molar refractivity (Wildman–Crippen MR) is 542 cm³/mol. The molecule has 1 aromatic heterocycles. The van der Waals surface area contributed by atoms with Gasteiger partial charge in [-0.05, 0) is 227 Å². The molecule has 10 aromatic rings. The molecule has 12 atom stereocenters. The molecule has 3 N–H and O–H groups in total. The number of pyridine rings is 1. The minimum Gasteiger partial charge on any atom is -0.496 e. The first-order valence-electron chi connectivity index (χ1n) is 50.3. The summed E-state index contributed by atoms with van der Waals surface area (Å²) in [7, 11) is 2.92. The molecule has 8 aliphatic heterocycles. The number of aliphatic hydroxyl groups is 2. The van der Waals surface area contributed by atoms with E-state index in [-0.39, 0.29) is 96.0 Å². The molecule has 0 spiro atoms. The van der Waals surface area contributed by atoms with Crippen LogP contribution in [0.25, 0.3) is 33.4 Å². The predicted octanol–water partition coefficient (Wildman–Crippen LogP) is 17.7. The van der Waals surface area contributed by atoms with Gasteiger partial charge in [0.25, 0.3) is 5.91 Å². The van der Waals surface area contributed by atoms with Crippen molar-refractivity contribution < 1.29 is 56.4 Å². The van der Waals surface area contributed by atoms with E-state index in [9.17, 15) is 37.4 Å². The summed E-state index contributed by atoms with van der Waals surface area (Å²) in [6.07, 6.45) is 19.2. The lowest BCUT2D eigenvalue weighted by atomic mass is 9.74. The van der Waals surface area contributed by atoms with Crippen LogP contribution in [0, 0.1) is 37.4 Å². The van der Waals surface area contributed by atoms with Crippen molar-refractivity contribution in [3.63, 3.8) is 0 Å². The molecule has 0 bridgehead atoms. The Hall–Kier alpha value is -11.0. The molecule has 9 heterocycles. The maximum atomic E-state index is 14.5. The number of hydrogen-bond acceptors (Lipinski definition) is 16. The van der Waals surface area contributed by atoms with Crippen LogP contribution >= 0.6 is 0 Å². The number of para-hydroxylation sites is 2. The summed E-state index contributed by atoms with van der Waals surface area (Å²) in [4.78, 5) is 59.3. The molecule has 10 aliphatic rings. The molecule has 0 radical (unpaired) electrons. The largest absolute Gasteiger partial charge is 0.496 e. The second kappa shape index (κ2) is 46.4. The van der Waals surface area contributed by atoms with Crippen LogP contribution in [0.15, 0.2) is 248 Å². The number of methoxy groups -OCH3 is 4. The molecule has 4 amide bonds. The quantitative estimate of drug-likeness (QED) is 0.0605. The first-order chi connectivity index (χ1) is 67.4.